The normalized spacial score (nSPS) is 16.1. The lowest BCUT2D eigenvalue weighted by Gasteiger charge is -2.32. The number of piperidine rings is 1. The number of carbonyl (C=O) groups is 2. The van der Waals surface area contributed by atoms with E-state index >= 15 is 0 Å². The minimum Gasteiger partial charge on any atom is -0.462 e. The fourth-order valence-electron chi connectivity index (χ4n) is 2.74. The van der Waals surface area contributed by atoms with Crippen LogP contribution in [0.2, 0.25) is 0 Å². The molecule has 0 N–H and O–H groups in total. The Morgan fingerprint density at radius 3 is 2.54 bits per heavy atom. The second-order valence-corrected chi connectivity index (χ2v) is 5.33. The van der Waals surface area contributed by atoms with Gasteiger partial charge in [-0.05, 0) is 25.8 Å². The number of aromatic nitrogens is 2. The Kier molecular flexibility index (Phi) is 5.30. The van der Waals surface area contributed by atoms with E-state index in [0.29, 0.717) is 25.9 Å². The number of esters is 1. The first kappa shape index (κ1) is 18.0. The Hall–Kier alpha value is -2.32. The van der Waals surface area contributed by atoms with Crippen LogP contribution in [0.5, 0.6) is 0 Å². The van der Waals surface area contributed by atoms with Crippen molar-refractivity contribution in [1.29, 1.82) is 0 Å². The molecule has 1 aliphatic heterocycles. The molecule has 0 aliphatic carbocycles. The molecule has 9 heteroatoms. The van der Waals surface area contributed by atoms with Gasteiger partial charge in [-0.15, -0.1) is 0 Å². The molecule has 0 radical (unpaired) electrons. The SMILES string of the molecule is C=CC(=O)N1CCC(n2ncc(C(=O)OCC)c2C(F)(F)F)CC1. The zero-order valence-corrected chi connectivity index (χ0v) is 13.2. The summed E-state index contributed by atoms with van der Waals surface area (Å²) in [6.07, 6.45) is -2.04. The largest absolute Gasteiger partial charge is 0.462 e. The minimum absolute atomic E-state index is 0.0244. The van der Waals surface area contributed by atoms with E-state index in [4.69, 9.17) is 0 Å². The molecule has 2 heterocycles. The van der Waals surface area contributed by atoms with Crippen molar-refractivity contribution in [1.82, 2.24) is 14.7 Å². The van der Waals surface area contributed by atoms with Crippen LogP contribution in [0.15, 0.2) is 18.9 Å². The first-order chi connectivity index (χ1) is 11.3. The monoisotopic (exact) mass is 345 g/mol. The van der Waals surface area contributed by atoms with Gasteiger partial charge in [0, 0.05) is 13.1 Å². The summed E-state index contributed by atoms with van der Waals surface area (Å²) in [4.78, 5) is 24.8. The number of amides is 1. The molecule has 0 bridgehead atoms. The summed E-state index contributed by atoms with van der Waals surface area (Å²) >= 11 is 0. The lowest BCUT2D eigenvalue weighted by Crippen LogP contribution is -2.39. The van der Waals surface area contributed by atoms with Crippen molar-refractivity contribution in [2.45, 2.75) is 32.0 Å². The zero-order valence-electron chi connectivity index (χ0n) is 13.2. The van der Waals surface area contributed by atoms with E-state index in [9.17, 15) is 22.8 Å². The first-order valence-corrected chi connectivity index (χ1v) is 7.52. The van der Waals surface area contributed by atoms with Gasteiger partial charge in [0.05, 0.1) is 18.8 Å². The van der Waals surface area contributed by atoms with Gasteiger partial charge in [-0.3, -0.25) is 9.48 Å². The van der Waals surface area contributed by atoms with Crippen molar-refractivity contribution in [2.24, 2.45) is 0 Å². The Bertz CT molecular complexity index is 632. The second kappa shape index (κ2) is 7.06. The lowest BCUT2D eigenvalue weighted by atomic mass is 10.0. The third kappa shape index (κ3) is 3.60. The summed E-state index contributed by atoms with van der Waals surface area (Å²) in [6.45, 7) is 5.50. The molecule has 24 heavy (non-hydrogen) atoms. The van der Waals surface area contributed by atoms with Gasteiger partial charge in [-0.25, -0.2) is 4.79 Å². The Balaban J connectivity index is 2.27. The summed E-state index contributed by atoms with van der Waals surface area (Å²) in [5.41, 5.74) is -1.69. The molecule has 132 valence electrons. The molecule has 1 amide bonds. The summed E-state index contributed by atoms with van der Waals surface area (Å²) in [5, 5.41) is 3.77. The molecule has 2 rings (SSSR count). The number of hydrogen-bond donors (Lipinski definition) is 0. The van der Waals surface area contributed by atoms with Crippen molar-refractivity contribution in [3.8, 4) is 0 Å². The molecule has 1 fully saturated rings. The van der Waals surface area contributed by atoms with Crippen LogP contribution < -0.4 is 0 Å². The average Bonchev–Trinajstić information content (AvgIpc) is 3.00. The number of rotatable bonds is 4. The summed E-state index contributed by atoms with van der Waals surface area (Å²) in [6, 6.07) is -0.543. The van der Waals surface area contributed by atoms with Gasteiger partial charge < -0.3 is 9.64 Å². The van der Waals surface area contributed by atoms with E-state index in [0.717, 1.165) is 10.9 Å². The number of likely N-dealkylation sites (tertiary alicyclic amines) is 1. The topological polar surface area (TPSA) is 64.4 Å². The molecule has 0 saturated carbocycles. The predicted molar refractivity (Wildman–Crippen MR) is 78.2 cm³/mol. The van der Waals surface area contributed by atoms with Gasteiger partial charge in [0.1, 0.15) is 5.56 Å². The Labute approximate surface area is 136 Å². The molecule has 1 saturated heterocycles. The third-order valence-corrected chi connectivity index (χ3v) is 3.86. The Morgan fingerprint density at radius 1 is 1.42 bits per heavy atom. The average molecular weight is 345 g/mol. The van der Waals surface area contributed by atoms with Gasteiger partial charge in [0.2, 0.25) is 5.91 Å². The van der Waals surface area contributed by atoms with E-state index in [1.807, 2.05) is 0 Å². The number of halogens is 3. The maximum Gasteiger partial charge on any atom is 0.433 e. The van der Waals surface area contributed by atoms with Gasteiger partial charge >= 0.3 is 12.1 Å². The van der Waals surface area contributed by atoms with Crippen LogP contribution in [-0.4, -0.2) is 46.3 Å². The van der Waals surface area contributed by atoms with Crippen molar-refractivity contribution in [3.05, 3.63) is 30.1 Å². The minimum atomic E-state index is -4.73. The predicted octanol–water partition coefficient (Wildman–Crippen LogP) is 2.43. The van der Waals surface area contributed by atoms with Crippen LogP contribution in [0.3, 0.4) is 0 Å². The van der Waals surface area contributed by atoms with Crippen LogP contribution in [0, 0.1) is 0 Å². The van der Waals surface area contributed by atoms with Crippen LogP contribution in [0.4, 0.5) is 13.2 Å². The highest BCUT2D eigenvalue weighted by molar-refractivity contribution is 5.90. The summed E-state index contributed by atoms with van der Waals surface area (Å²) in [7, 11) is 0. The fraction of sp³-hybridized carbons (Fsp3) is 0.533. The van der Waals surface area contributed by atoms with Crippen LogP contribution in [-0.2, 0) is 15.7 Å². The van der Waals surface area contributed by atoms with Gasteiger partial charge in [0.25, 0.3) is 0 Å². The van der Waals surface area contributed by atoms with E-state index in [2.05, 4.69) is 16.4 Å². The molecule has 1 aromatic heterocycles. The highest BCUT2D eigenvalue weighted by Crippen LogP contribution is 2.36. The molecule has 1 aromatic rings. The van der Waals surface area contributed by atoms with Crippen LogP contribution in [0.25, 0.3) is 0 Å². The van der Waals surface area contributed by atoms with E-state index in [1.54, 1.807) is 0 Å². The van der Waals surface area contributed by atoms with Gasteiger partial charge in [-0.2, -0.15) is 18.3 Å². The molecule has 6 nitrogen and oxygen atoms in total. The number of nitrogens with zero attached hydrogens (tertiary/aromatic N) is 3. The molecular formula is C15H18F3N3O3. The molecular weight excluding hydrogens is 327 g/mol. The smallest absolute Gasteiger partial charge is 0.433 e. The molecule has 0 atom stereocenters. The lowest BCUT2D eigenvalue weighted by molar-refractivity contribution is -0.146. The van der Waals surface area contributed by atoms with Gasteiger partial charge in [0.15, 0.2) is 5.69 Å². The first-order valence-electron chi connectivity index (χ1n) is 7.52. The summed E-state index contributed by atoms with van der Waals surface area (Å²) in [5.74, 6) is -1.30. The van der Waals surface area contributed by atoms with E-state index in [-0.39, 0.29) is 12.5 Å². The summed E-state index contributed by atoms with van der Waals surface area (Å²) < 4.78 is 45.7. The molecule has 0 spiro atoms. The van der Waals surface area contributed by atoms with Crippen LogP contribution >= 0.6 is 0 Å². The van der Waals surface area contributed by atoms with E-state index in [1.165, 1.54) is 17.9 Å². The molecule has 1 aliphatic rings. The third-order valence-electron chi connectivity index (χ3n) is 3.86. The van der Waals surface area contributed by atoms with E-state index < -0.39 is 29.4 Å². The number of hydrogen-bond acceptors (Lipinski definition) is 4. The van der Waals surface area contributed by atoms with Crippen molar-refractivity contribution in [3.63, 3.8) is 0 Å². The fourth-order valence-corrected chi connectivity index (χ4v) is 2.74. The highest BCUT2D eigenvalue weighted by Gasteiger charge is 2.42. The quantitative estimate of drug-likeness (QED) is 0.621. The number of carbonyl (C=O) groups excluding carboxylic acids is 2. The standard InChI is InChI=1S/C15H18F3N3O3/c1-3-12(22)20-7-5-10(6-8-20)21-13(15(16,17)18)11(9-19-21)14(23)24-4-2/h3,9-10H,1,4-8H2,2H3. The molecule has 0 unspecified atom stereocenters. The highest BCUT2D eigenvalue weighted by atomic mass is 19.4. The zero-order chi connectivity index (χ0) is 17.9. The maximum absolute atomic E-state index is 13.4. The Morgan fingerprint density at radius 2 is 2.04 bits per heavy atom. The second-order valence-electron chi connectivity index (χ2n) is 5.33. The van der Waals surface area contributed by atoms with Crippen molar-refractivity contribution >= 4 is 11.9 Å². The van der Waals surface area contributed by atoms with Crippen molar-refractivity contribution in [2.75, 3.05) is 19.7 Å². The molecule has 0 aromatic carbocycles. The van der Waals surface area contributed by atoms with Gasteiger partial charge in [-0.1, -0.05) is 6.58 Å². The number of alkyl halides is 3. The maximum atomic E-state index is 13.4. The van der Waals surface area contributed by atoms with Crippen LogP contribution in [0.1, 0.15) is 41.9 Å². The number of ether oxygens (including phenoxy) is 1. The van der Waals surface area contributed by atoms with Crippen molar-refractivity contribution < 1.29 is 27.5 Å².